The highest BCUT2D eigenvalue weighted by Gasteiger charge is 2.89. The molecule has 2 bridgehead atoms. The van der Waals surface area contributed by atoms with Crippen LogP contribution in [0, 0.1) is 22.7 Å². The van der Waals surface area contributed by atoms with Crippen molar-refractivity contribution in [2.24, 2.45) is 22.7 Å². The summed E-state index contributed by atoms with van der Waals surface area (Å²) in [6.07, 6.45) is -5.77. The molecule has 5 fully saturated rings. The number of epoxide rings is 1. The Hall–Kier alpha value is -0.810. The van der Waals surface area contributed by atoms with E-state index in [1.165, 1.54) is 13.8 Å². The van der Waals surface area contributed by atoms with Gasteiger partial charge in [0.2, 0.25) is 0 Å². The van der Waals surface area contributed by atoms with Gasteiger partial charge in [0.1, 0.15) is 17.3 Å². The molecule has 4 aliphatic carbocycles. The first-order valence-corrected chi connectivity index (χ1v) is 11.1. The maximum atomic E-state index is 12.2. The van der Waals surface area contributed by atoms with Gasteiger partial charge in [-0.1, -0.05) is 13.8 Å². The van der Waals surface area contributed by atoms with Gasteiger partial charge in [-0.05, 0) is 33.1 Å². The van der Waals surface area contributed by atoms with Crippen LogP contribution in [0.25, 0.3) is 0 Å². The Kier molecular flexibility index (Phi) is 4.00. The number of carbonyl (C=O) groups is 1. The van der Waals surface area contributed by atoms with Crippen molar-refractivity contribution in [1.82, 2.24) is 0 Å². The molecule has 176 valence electrons. The lowest BCUT2D eigenvalue weighted by Gasteiger charge is -2.58. The molecule has 1 aliphatic heterocycles. The van der Waals surface area contributed by atoms with Crippen LogP contribution in [0.3, 0.4) is 0 Å². The lowest BCUT2D eigenvalue weighted by Crippen LogP contribution is -2.72. The molecule has 9 nitrogen and oxygen atoms in total. The van der Waals surface area contributed by atoms with Crippen LogP contribution in [-0.2, 0) is 14.3 Å². The molecule has 0 aromatic carbocycles. The van der Waals surface area contributed by atoms with Crippen molar-refractivity contribution < 1.29 is 44.9 Å². The molecule has 5 aliphatic rings. The van der Waals surface area contributed by atoms with Gasteiger partial charge in [-0.25, -0.2) is 0 Å². The third kappa shape index (κ3) is 2.07. The molecule has 1 saturated heterocycles. The molecule has 0 aromatic rings. The Labute approximate surface area is 181 Å². The number of fused-ring (bicyclic) bond motifs is 4. The molecule has 0 aromatic heterocycles. The molecule has 6 N–H and O–H groups in total. The van der Waals surface area contributed by atoms with E-state index in [-0.39, 0.29) is 19.3 Å². The zero-order valence-electron chi connectivity index (χ0n) is 18.6. The van der Waals surface area contributed by atoms with E-state index in [0.717, 1.165) is 6.92 Å². The predicted octanol–water partition coefficient (Wildman–Crippen LogP) is -1.16. The van der Waals surface area contributed by atoms with Gasteiger partial charge >= 0.3 is 5.97 Å². The van der Waals surface area contributed by atoms with E-state index in [9.17, 15) is 35.4 Å². The van der Waals surface area contributed by atoms with E-state index < -0.39 is 81.6 Å². The number of hydrogen-bond donors (Lipinski definition) is 6. The van der Waals surface area contributed by atoms with Crippen molar-refractivity contribution in [1.29, 1.82) is 0 Å². The first-order valence-electron chi connectivity index (χ1n) is 11.1. The molecular weight excluding hydrogens is 408 g/mol. The Bertz CT molecular complexity index is 839. The third-order valence-corrected chi connectivity index (χ3v) is 10.0. The predicted molar refractivity (Wildman–Crippen MR) is 104 cm³/mol. The van der Waals surface area contributed by atoms with E-state index in [2.05, 4.69) is 0 Å². The molecule has 1 spiro atoms. The number of rotatable bonds is 1. The summed E-state index contributed by atoms with van der Waals surface area (Å²) in [6.45, 7) is 7.53. The second-order valence-electron chi connectivity index (χ2n) is 11.7. The van der Waals surface area contributed by atoms with Gasteiger partial charge in [-0.2, -0.15) is 0 Å². The molecule has 12 unspecified atom stereocenters. The largest absolute Gasteiger partial charge is 0.457 e. The van der Waals surface area contributed by atoms with Crippen LogP contribution in [0.15, 0.2) is 0 Å². The number of esters is 1. The maximum absolute atomic E-state index is 12.2. The van der Waals surface area contributed by atoms with Gasteiger partial charge < -0.3 is 40.1 Å². The summed E-state index contributed by atoms with van der Waals surface area (Å²) in [4.78, 5) is 12.1. The van der Waals surface area contributed by atoms with Crippen molar-refractivity contribution >= 4 is 5.97 Å². The highest BCUT2D eigenvalue weighted by molar-refractivity contribution is 5.66. The first-order chi connectivity index (χ1) is 14.0. The van der Waals surface area contributed by atoms with Gasteiger partial charge in [0.25, 0.3) is 0 Å². The van der Waals surface area contributed by atoms with Crippen molar-refractivity contribution in [2.75, 3.05) is 0 Å². The highest BCUT2D eigenvalue weighted by atomic mass is 16.6. The summed E-state index contributed by atoms with van der Waals surface area (Å²) in [7, 11) is 0. The van der Waals surface area contributed by atoms with Gasteiger partial charge in [-0.3, -0.25) is 4.79 Å². The molecular formula is C22H34O9. The molecule has 9 heteroatoms. The van der Waals surface area contributed by atoms with Crippen molar-refractivity contribution in [3.8, 4) is 0 Å². The van der Waals surface area contributed by atoms with E-state index in [4.69, 9.17) is 9.47 Å². The Morgan fingerprint density at radius 2 is 1.65 bits per heavy atom. The van der Waals surface area contributed by atoms with E-state index >= 15 is 0 Å². The lowest BCUT2D eigenvalue weighted by molar-refractivity contribution is -0.287. The average molecular weight is 443 g/mol. The topological polar surface area (TPSA) is 160 Å². The van der Waals surface area contributed by atoms with Crippen LogP contribution in [0.2, 0.25) is 0 Å². The molecule has 4 saturated carbocycles. The number of aliphatic hydroxyl groups excluding tert-OH is 2. The monoisotopic (exact) mass is 442 g/mol. The van der Waals surface area contributed by atoms with Gasteiger partial charge in [-0.15, -0.1) is 0 Å². The minimum atomic E-state index is -2.08. The second-order valence-corrected chi connectivity index (χ2v) is 11.7. The maximum Gasteiger partial charge on any atom is 0.303 e. The standard InChI is InChI=1S/C22H34O9/c1-9(23)30-16-14(25)20-8-18(4,26)10(13(20)24)6-7-21(20,28)19(5,27)12-11-15(31-11)17(2,3)22(12,16)29/h10-16,24-29H,6-8H2,1-5H3. The van der Waals surface area contributed by atoms with Gasteiger partial charge in [0.05, 0.1) is 40.8 Å². The van der Waals surface area contributed by atoms with Gasteiger partial charge in [0.15, 0.2) is 6.10 Å². The first kappa shape index (κ1) is 22.0. The molecule has 5 rings (SSSR count). The molecule has 12 atom stereocenters. The fourth-order valence-electron chi connectivity index (χ4n) is 8.46. The Morgan fingerprint density at radius 1 is 1.03 bits per heavy atom. The number of carbonyl (C=O) groups excluding carboxylic acids is 1. The quantitative estimate of drug-likeness (QED) is 0.217. The van der Waals surface area contributed by atoms with Crippen molar-refractivity contribution in [3.05, 3.63) is 0 Å². The fourth-order valence-corrected chi connectivity index (χ4v) is 8.46. The Balaban J connectivity index is 1.81. The summed E-state index contributed by atoms with van der Waals surface area (Å²) in [5.74, 6) is -2.50. The fraction of sp³-hybridized carbons (Fsp3) is 0.955. The van der Waals surface area contributed by atoms with Gasteiger partial charge in [0, 0.05) is 18.3 Å². The number of aliphatic hydroxyl groups is 6. The summed E-state index contributed by atoms with van der Waals surface area (Å²) >= 11 is 0. The smallest absolute Gasteiger partial charge is 0.303 e. The van der Waals surface area contributed by atoms with Crippen LogP contribution >= 0.6 is 0 Å². The lowest BCUT2D eigenvalue weighted by atomic mass is 9.53. The van der Waals surface area contributed by atoms with Crippen molar-refractivity contribution in [2.45, 2.75) is 107 Å². The second kappa shape index (κ2) is 5.63. The summed E-state index contributed by atoms with van der Waals surface area (Å²) in [5, 5.41) is 70.7. The summed E-state index contributed by atoms with van der Waals surface area (Å²) in [6, 6.07) is 0. The van der Waals surface area contributed by atoms with Crippen LogP contribution in [0.4, 0.5) is 0 Å². The van der Waals surface area contributed by atoms with Crippen LogP contribution in [-0.4, -0.2) is 89.5 Å². The zero-order valence-corrected chi connectivity index (χ0v) is 18.6. The molecule has 0 amide bonds. The third-order valence-electron chi connectivity index (χ3n) is 10.0. The number of ether oxygens (including phenoxy) is 2. The van der Waals surface area contributed by atoms with Crippen molar-refractivity contribution in [3.63, 3.8) is 0 Å². The van der Waals surface area contributed by atoms with Crippen LogP contribution in [0.5, 0.6) is 0 Å². The highest BCUT2D eigenvalue weighted by Crippen LogP contribution is 2.74. The minimum absolute atomic E-state index is 0.00781. The Morgan fingerprint density at radius 3 is 2.23 bits per heavy atom. The van der Waals surface area contributed by atoms with Crippen LogP contribution < -0.4 is 0 Å². The SMILES string of the molecule is CC(=O)OC1C(O)C23CC(C)(O)C(CCC2(O)C(C)(O)C2C4OC4C(C)(C)C12O)C3O. The normalized spacial score (nSPS) is 63.5. The summed E-state index contributed by atoms with van der Waals surface area (Å²) < 4.78 is 11.3. The average Bonchev–Trinajstić information content (AvgIpc) is 3.35. The minimum Gasteiger partial charge on any atom is -0.457 e. The van der Waals surface area contributed by atoms with Crippen LogP contribution in [0.1, 0.15) is 53.9 Å². The van der Waals surface area contributed by atoms with E-state index in [0.29, 0.717) is 0 Å². The molecule has 31 heavy (non-hydrogen) atoms. The number of hydrogen-bond acceptors (Lipinski definition) is 9. The van der Waals surface area contributed by atoms with E-state index in [1.807, 2.05) is 0 Å². The zero-order chi connectivity index (χ0) is 23.2. The van der Waals surface area contributed by atoms with E-state index in [1.54, 1.807) is 13.8 Å². The summed E-state index contributed by atoms with van der Waals surface area (Å²) in [5.41, 5.74) is -10.4. The molecule has 0 radical (unpaired) electrons. The molecule has 1 heterocycles.